The zero-order chi connectivity index (χ0) is 17.6. The van der Waals surface area contributed by atoms with Crippen LogP contribution >= 0.6 is 0 Å². The summed E-state index contributed by atoms with van der Waals surface area (Å²) >= 11 is 0. The molecule has 3 aromatic rings. The molecule has 3 heterocycles. The maximum atomic E-state index is 6.33. The number of aromatic nitrogens is 4. The van der Waals surface area contributed by atoms with Gasteiger partial charge < -0.3 is 10.1 Å². The number of para-hydroxylation sites is 1. The van der Waals surface area contributed by atoms with Crippen molar-refractivity contribution in [2.24, 2.45) is 0 Å². The molecule has 1 N–H and O–H groups in total. The van der Waals surface area contributed by atoms with E-state index < -0.39 is 0 Å². The number of rotatable bonds is 3. The first-order valence-corrected chi connectivity index (χ1v) is 9.09. The lowest BCUT2D eigenvalue weighted by atomic mass is 9.73. The molecule has 0 saturated heterocycles. The van der Waals surface area contributed by atoms with Gasteiger partial charge in [0.2, 0.25) is 0 Å². The molecule has 1 spiro atoms. The van der Waals surface area contributed by atoms with Crippen LogP contribution in [0.3, 0.4) is 0 Å². The first-order valence-electron chi connectivity index (χ1n) is 9.09. The Morgan fingerprint density at radius 1 is 1.23 bits per heavy atom. The topological polar surface area (TPSA) is 64.9 Å². The van der Waals surface area contributed by atoms with Crippen LogP contribution in [0.2, 0.25) is 0 Å². The minimum Gasteiger partial charge on any atom is -0.487 e. The number of imidazole rings is 1. The third-order valence-corrected chi connectivity index (χ3v) is 5.48. The second-order valence-corrected chi connectivity index (χ2v) is 7.18. The van der Waals surface area contributed by atoms with Gasteiger partial charge >= 0.3 is 0 Å². The predicted octanol–water partition coefficient (Wildman–Crippen LogP) is 3.83. The Balaban J connectivity index is 1.47. The van der Waals surface area contributed by atoms with Crippen LogP contribution in [0.1, 0.15) is 43.1 Å². The summed E-state index contributed by atoms with van der Waals surface area (Å²) in [6.07, 6.45) is 11.7. The van der Waals surface area contributed by atoms with Crippen LogP contribution < -0.4 is 10.1 Å². The van der Waals surface area contributed by atoms with Crippen molar-refractivity contribution in [3.63, 3.8) is 0 Å². The highest BCUT2D eigenvalue weighted by atomic mass is 16.5. The van der Waals surface area contributed by atoms with E-state index in [9.17, 15) is 0 Å². The summed E-state index contributed by atoms with van der Waals surface area (Å²) < 4.78 is 8.27. The van der Waals surface area contributed by atoms with Gasteiger partial charge in [0, 0.05) is 24.4 Å². The average Bonchev–Trinajstić information content (AvgIpc) is 3.06. The Kier molecular flexibility index (Phi) is 3.45. The first kappa shape index (κ1) is 15.4. The van der Waals surface area contributed by atoms with E-state index in [0.717, 1.165) is 42.5 Å². The molecule has 0 amide bonds. The average molecular weight is 347 g/mol. The molecule has 0 bridgehead atoms. The van der Waals surface area contributed by atoms with Gasteiger partial charge in [-0.25, -0.2) is 9.97 Å². The van der Waals surface area contributed by atoms with Crippen LogP contribution in [0.5, 0.6) is 5.75 Å². The van der Waals surface area contributed by atoms with Crippen molar-refractivity contribution in [1.29, 1.82) is 0 Å². The van der Waals surface area contributed by atoms with Crippen LogP contribution in [0.15, 0.2) is 49.1 Å². The fraction of sp³-hybridized carbons (Fsp3) is 0.350. The molecule has 132 valence electrons. The Hall–Kier alpha value is -2.89. The van der Waals surface area contributed by atoms with Crippen molar-refractivity contribution < 1.29 is 4.74 Å². The zero-order valence-corrected chi connectivity index (χ0v) is 14.7. The van der Waals surface area contributed by atoms with E-state index in [4.69, 9.17) is 9.72 Å². The quantitative estimate of drug-likeness (QED) is 0.780. The van der Waals surface area contributed by atoms with Gasteiger partial charge in [0.25, 0.3) is 0 Å². The second kappa shape index (κ2) is 5.83. The lowest BCUT2D eigenvalue weighted by Crippen LogP contribution is -2.48. The summed E-state index contributed by atoms with van der Waals surface area (Å²) in [6, 6.07) is 8.48. The summed E-state index contributed by atoms with van der Waals surface area (Å²) in [5.41, 5.74) is 1.17. The van der Waals surface area contributed by atoms with E-state index >= 15 is 0 Å². The van der Waals surface area contributed by atoms with E-state index in [1.807, 2.05) is 23.8 Å². The fourth-order valence-electron chi connectivity index (χ4n) is 3.96. The van der Waals surface area contributed by atoms with Crippen molar-refractivity contribution >= 4 is 5.82 Å². The number of hydrogen-bond donors (Lipinski definition) is 1. The van der Waals surface area contributed by atoms with E-state index in [-0.39, 0.29) is 11.6 Å². The van der Waals surface area contributed by atoms with Crippen molar-refractivity contribution in [3.8, 4) is 11.6 Å². The summed E-state index contributed by atoms with van der Waals surface area (Å²) in [5.74, 6) is 3.42. The zero-order valence-electron chi connectivity index (χ0n) is 14.7. The van der Waals surface area contributed by atoms with E-state index in [1.54, 1.807) is 18.6 Å². The molecule has 1 aliphatic heterocycles. The molecule has 2 aromatic heterocycles. The van der Waals surface area contributed by atoms with Crippen molar-refractivity contribution in [2.45, 2.75) is 44.2 Å². The van der Waals surface area contributed by atoms with Gasteiger partial charge in [0.05, 0.1) is 18.4 Å². The molecule has 6 nitrogen and oxygen atoms in total. The van der Waals surface area contributed by atoms with Gasteiger partial charge in [0.15, 0.2) is 5.82 Å². The van der Waals surface area contributed by atoms with Crippen molar-refractivity contribution in [1.82, 2.24) is 19.5 Å². The summed E-state index contributed by atoms with van der Waals surface area (Å²) in [7, 11) is 0. The second-order valence-electron chi connectivity index (χ2n) is 7.18. The van der Waals surface area contributed by atoms with Crippen LogP contribution in [0, 0.1) is 6.92 Å². The number of nitrogens with one attached hydrogen (secondary N) is 1. The van der Waals surface area contributed by atoms with Crippen LogP contribution in [-0.4, -0.2) is 25.1 Å². The smallest absolute Gasteiger partial charge is 0.159 e. The number of fused-ring (bicyclic) bond motifs is 1. The van der Waals surface area contributed by atoms with Gasteiger partial charge in [0.1, 0.15) is 23.0 Å². The summed E-state index contributed by atoms with van der Waals surface area (Å²) in [5, 5.41) is 3.59. The number of benzene rings is 1. The third-order valence-electron chi connectivity index (χ3n) is 5.48. The standard InChI is InChI=1S/C20H21N5O/c1-14-22-9-10-25(14)19-13-21-12-18(24-19)23-16-11-20(7-4-8-20)26-17-6-3-2-5-15(16)17/h2-3,5-6,9-10,12-13,16H,4,7-8,11H2,1H3,(H,23,24). The maximum absolute atomic E-state index is 6.33. The highest BCUT2D eigenvalue weighted by molar-refractivity contribution is 5.46. The van der Waals surface area contributed by atoms with Crippen LogP contribution in [0.25, 0.3) is 5.82 Å². The molecule has 1 aromatic carbocycles. The van der Waals surface area contributed by atoms with Crippen molar-refractivity contribution in [3.05, 3.63) is 60.4 Å². The molecule has 1 saturated carbocycles. The molecular weight excluding hydrogens is 326 g/mol. The molecule has 1 fully saturated rings. The number of ether oxygens (including phenoxy) is 1. The molecule has 5 rings (SSSR count). The minimum absolute atomic E-state index is 0.0159. The minimum atomic E-state index is -0.0159. The first-order chi connectivity index (χ1) is 12.7. The molecule has 1 unspecified atom stereocenters. The Morgan fingerprint density at radius 3 is 2.88 bits per heavy atom. The summed E-state index contributed by atoms with van der Waals surface area (Å²) in [4.78, 5) is 13.4. The monoisotopic (exact) mass is 347 g/mol. The van der Waals surface area contributed by atoms with Crippen LogP contribution in [-0.2, 0) is 0 Å². The van der Waals surface area contributed by atoms with E-state index in [1.165, 1.54) is 12.0 Å². The number of hydrogen-bond acceptors (Lipinski definition) is 5. The molecule has 6 heteroatoms. The van der Waals surface area contributed by atoms with Crippen LogP contribution in [0.4, 0.5) is 5.82 Å². The molecular formula is C20H21N5O. The normalized spacial score (nSPS) is 20.1. The fourth-order valence-corrected chi connectivity index (χ4v) is 3.96. The van der Waals surface area contributed by atoms with Gasteiger partial charge in [-0.15, -0.1) is 0 Å². The highest BCUT2D eigenvalue weighted by Gasteiger charge is 2.45. The molecule has 2 aliphatic rings. The Bertz CT molecular complexity index is 947. The number of aryl methyl sites for hydroxylation is 1. The predicted molar refractivity (Wildman–Crippen MR) is 98.5 cm³/mol. The van der Waals surface area contributed by atoms with Gasteiger partial charge in [-0.3, -0.25) is 9.55 Å². The largest absolute Gasteiger partial charge is 0.487 e. The number of nitrogens with zero attached hydrogens (tertiary/aromatic N) is 4. The molecule has 26 heavy (non-hydrogen) atoms. The number of anilines is 1. The SMILES string of the molecule is Cc1nccn1-c1cncc(NC2CC3(CCC3)Oc3ccccc32)n1. The maximum Gasteiger partial charge on any atom is 0.159 e. The lowest BCUT2D eigenvalue weighted by Gasteiger charge is -2.48. The van der Waals surface area contributed by atoms with E-state index in [2.05, 4.69) is 33.5 Å². The molecule has 1 atom stereocenters. The molecule has 0 radical (unpaired) electrons. The third kappa shape index (κ3) is 2.53. The highest BCUT2D eigenvalue weighted by Crippen LogP contribution is 2.49. The van der Waals surface area contributed by atoms with Gasteiger partial charge in [-0.05, 0) is 32.3 Å². The van der Waals surface area contributed by atoms with E-state index in [0.29, 0.717) is 0 Å². The Labute approximate surface area is 152 Å². The lowest BCUT2D eigenvalue weighted by molar-refractivity contribution is -0.0309. The van der Waals surface area contributed by atoms with Gasteiger partial charge in [-0.1, -0.05) is 18.2 Å². The Morgan fingerprint density at radius 2 is 2.12 bits per heavy atom. The summed E-state index contributed by atoms with van der Waals surface area (Å²) in [6.45, 7) is 1.96. The molecule has 1 aliphatic carbocycles. The van der Waals surface area contributed by atoms with Crippen molar-refractivity contribution in [2.75, 3.05) is 5.32 Å². The van der Waals surface area contributed by atoms with Gasteiger partial charge in [-0.2, -0.15) is 0 Å².